The molecule has 0 bridgehead atoms. The Bertz CT molecular complexity index is 734. The van der Waals surface area contributed by atoms with E-state index >= 15 is 0 Å². The Morgan fingerprint density at radius 2 is 1.78 bits per heavy atom. The van der Waals surface area contributed by atoms with Gasteiger partial charge in [0.15, 0.2) is 0 Å². The molecule has 1 aromatic carbocycles. The van der Waals surface area contributed by atoms with Crippen molar-refractivity contribution in [1.82, 2.24) is 10.0 Å². The molecular formula is C13H22FN3O4S2. The molecule has 1 aromatic rings. The van der Waals surface area contributed by atoms with Crippen molar-refractivity contribution in [3.05, 3.63) is 24.0 Å². The molecule has 0 aromatic heterocycles. The number of rotatable bonds is 9. The zero-order chi connectivity index (χ0) is 17.7. The lowest BCUT2D eigenvalue weighted by atomic mass is 10.3. The SMILES string of the molecule is CNCCCNS(=O)(=O)c1ccc(NS(=O)(=O)C(C)C)c(F)c1. The van der Waals surface area contributed by atoms with Crippen LogP contribution in [0.15, 0.2) is 23.1 Å². The molecule has 0 aliphatic rings. The van der Waals surface area contributed by atoms with E-state index in [0.717, 1.165) is 18.2 Å². The van der Waals surface area contributed by atoms with E-state index in [1.807, 2.05) is 0 Å². The molecule has 0 aliphatic heterocycles. The van der Waals surface area contributed by atoms with Gasteiger partial charge in [-0.1, -0.05) is 0 Å². The van der Waals surface area contributed by atoms with E-state index in [4.69, 9.17) is 0 Å². The molecule has 23 heavy (non-hydrogen) atoms. The number of hydrogen-bond donors (Lipinski definition) is 3. The summed E-state index contributed by atoms with van der Waals surface area (Å²) in [5.41, 5.74) is -0.284. The van der Waals surface area contributed by atoms with Crippen molar-refractivity contribution < 1.29 is 21.2 Å². The first kappa shape index (κ1) is 19.8. The van der Waals surface area contributed by atoms with Gasteiger partial charge in [0.05, 0.1) is 15.8 Å². The summed E-state index contributed by atoms with van der Waals surface area (Å²) in [7, 11) is -5.79. The minimum atomic E-state index is -3.84. The smallest absolute Gasteiger partial charge is 0.240 e. The van der Waals surface area contributed by atoms with Gasteiger partial charge in [-0.05, 0) is 52.1 Å². The zero-order valence-electron chi connectivity index (χ0n) is 13.3. The molecule has 0 radical (unpaired) electrons. The lowest BCUT2D eigenvalue weighted by Gasteiger charge is -2.12. The van der Waals surface area contributed by atoms with Gasteiger partial charge in [-0.15, -0.1) is 0 Å². The number of sulfonamides is 2. The van der Waals surface area contributed by atoms with E-state index in [1.54, 1.807) is 7.05 Å². The summed E-state index contributed by atoms with van der Waals surface area (Å²) in [5, 5.41) is 2.14. The van der Waals surface area contributed by atoms with E-state index in [9.17, 15) is 21.2 Å². The summed E-state index contributed by atoms with van der Waals surface area (Å²) in [4.78, 5) is -0.257. The second-order valence-electron chi connectivity index (χ2n) is 5.19. The van der Waals surface area contributed by atoms with Crippen LogP contribution >= 0.6 is 0 Å². The highest BCUT2D eigenvalue weighted by molar-refractivity contribution is 7.93. The number of nitrogens with one attached hydrogen (secondary N) is 3. The van der Waals surface area contributed by atoms with Gasteiger partial charge in [0.25, 0.3) is 0 Å². The van der Waals surface area contributed by atoms with Crippen molar-refractivity contribution in [1.29, 1.82) is 0 Å². The molecule has 0 saturated heterocycles. The predicted molar refractivity (Wildman–Crippen MR) is 87.8 cm³/mol. The fourth-order valence-electron chi connectivity index (χ4n) is 1.57. The minimum absolute atomic E-state index is 0.215. The Kier molecular flexibility index (Phi) is 6.93. The molecule has 3 N–H and O–H groups in total. The lowest BCUT2D eigenvalue weighted by Crippen LogP contribution is -2.27. The number of halogens is 1. The molecular weight excluding hydrogens is 345 g/mol. The first-order chi connectivity index (χ1) is 10.6. The number of benzene rings is 1. The molecule has 1 rings (SSSR count). The lowest BCUT2D eigenvalue weighted by molar-refractivity contribution is 0.574. The maximum Gasteiger partial charge on any atom is 0.240 e. The van der Waals surface area contributed by atoms with Crippen molar-refractivity contribution in [3.63, 3.8) is 0 Å². The second kappa shape index (κ2) is 8.04. The van der Waals surface area contributed by atoms with E-state index in [1.165, 1.54) is 13.8 Å². The average molecular weight is 367 g/mol. The highest BCUT2D eigenvalue weighted by Crippen LogP contribution is 2.21. The molecule has 10 heteroatoms. The van der Waals surface area contributed by atoms with E-state index in [2.05, 4.69) is 14.8 Å². The van der Waals surface area contributed by atoms with Gasteiger partial charge in [-0.25, -0.2) is 25.9 Å². The maximum absolute atomic E-state index is 14.0. The fraction of sp³-hybridized carbons (Fsp3) is 0.538. The molecule has 132 valence electrons. The maximum atomic E-state index is 14.0. The van der Waals surface area contributed by atoms with Gasteiger partial charge < -0.3 is 5.32 Å². The molecule has 0 aliphatic carbocycles. The minimum Gasteiger partial charge on any atom is -0.320 e. The van der Waals surface area contributed by atoms with E-state index < -0.39 is 31.1 Å². The van der Waals surface area contributed by atoms with Crippen LogP contribution in [0, 0.1) is 5.82 Å². The summed E-state index contributed by atoms with van der Waals surface area (Å²) in [6.07, 6.45) is 0.588. The van der Waals surface area contributed by atoms with Crippen LogP contribution in [0.1, 0.15) is 20.3 Å². The third-order valence-electron chi connectivity index (χ3n) is 3.02. The predicted octanol–water partition coefficient (Wildman–Crippen LogP) is 0.864. The first-order valence-electron chi connectivity index (χ1n) is 7.05. The Labute approximate surface area is 136 Å². The molecule has 0 spiro atoms. The first-order valence-corrected chi connectivity index (χ1v) is 10.1. The largest absolute Gasteiger partial charge is 0.320 e. The van der Waals surface area contributed by atoms with Crippen molar-refractivity contribution in [3.8, 4) is 0 Å². The van der Waals surface area contributed by atoms with Crippen LogP contribution in [-0.4, -0.2) is 42.2 Å². The van der Waals surface area contributed by atoms with Crippen LogP contribution in [0.2, 0.25) is 0 Å². The van der Waals surface area contributed by atoms with Crippen LogP contribution in [0.25, 0.3) is 0 Å². The molecule has 0 amide bonds. The topological polar surface area (TPSA) is 104 Å². The third kappa shape index (κ3) is 5.72. The Morgan fingerprint density at radius 3 is 2.30 bits per heavy atom. The third-order valence-corrected chi connectivity index (χ3v) is 6.22. The van der Waals surface area contributed by atoms with E-state index in [0.29, 0.717) is 13.0 Å². The summed E-state index contributed by atoms with van der Waals surface area (Å²) in [6.45, 7) is 3.77. The number of anilines is 1. The molecule has 0 atom stereocenters. The van der Waals surface area contributed by atoms with Gasteiger partial charge in [-0.3, -0.25) is 4.72 Å². The van der Waals surface area contributed by atoms with Crippen LogP contribution in [-0.2, 0) is 20.0 Å². The van der Waals surface area contributed by atoms with Crippen molar-refractivity contribution >= 4 is 25.7 Å². The van der Waals surface area contributed by atoms with E-state index in [-0.39, 0.29) is 17.1 Å². The van der Waals surface area contributed by atoms with Crippen LogP contribution in [0.5, 0.6) is 0 Å². The Balaban J connectivity index is 2.91. The fourth-order valence-corrected chi connectivity index (χ4v) is 3.37. The van der Waals surface area contributed by atoms with Crippen LogP contribution in [0.3, 0.4) is 0 Å². The molecule has 0 saturated carbocycles. The average Bonchev–Trinajstić information content (AvgIpc) is 2.45. The Hall–Kier alpha value is -1.23. The number of hydrogen-bond acceptors (Lipinski definition) is 5. The normalized spacial score (nSPS) is 12.6. The quantitative estimate of drug-likeness (QED) is 0.562. The van der Waals surface area contributed by atoms with Gasteiger partial charge in [0.2, 0.25) is 20.0 Å². The standard InChI is InChI=1S/C13H22FN3O4S2/c1-10(2)22(18,19)17-13-6-5-11(9-12(13)14)23(20,21)16-8-4-7-15-3/h5-6,9-10,15-17H,4,7-8H2,1-3H3. The van der Waals surface area contributed by atoms with Crippen LogP contribution in [0.4, 0.5) is 10.1 Å². The second-order valence-corrected chi connectivity index (χ2v) is 9.20. The van der Waals surface area contributed by atoms with Crippen molar-refractivity contribution in [2.24, 2.45) is 0 Å². The molecule has 0 fully saturated rings. The highest BCUT2D eigenvalue weighted by atomic mass is 32.2. The van der Waals surface area contributed by atoms with Gasteiger partial charge >= 0.3 is 0 Å². The van der Waals surface area contributed by atoms with Gasteiger partial charge in [0.1, 0.15) is 5.82 Å². The van der Waals surface area contributed by atoms with Crippen molar-refractivity contribution in [2.75, 3.05) is 24.9 Å². The van der Waals surface area contributed by atoms with Gasteiger partial charge in [-0.2, -0.15) is 0 Å². The monoisotopic (exact) mass is 367 g/mol. The molecule has 0 unspecified atom stereocenters. The Morgan fingerprint density at radius 1 is 1.13 bits per heavy atom. The molecule has 7 nitrogen and oxygen atoms in total. The van der Waals surface area contributed by atoms with Crippen LogP contribution < -0.4 is 14.8 Å². The summed E-state index contributed by atoms with van der Waals surface area (Å²) < 4.78 is 65.9. The summed E-state index contributed by atoms with van der Waals surface area (Å²) in [5.74, 6) is -0.952. The molecule has 0 heterocycles. The summed E-state index contributed by atoms with van der Waals surface area (Å²) in [6, 6.07) is 3.04. The van der Waals surface area contributed by atoms with Crippen molar-refractivity contribution in [2.45, 2.75) is 30.4 Å². The van der Waals surface area contributed by atoms with Gasteiger partial charge in [0, 0.05) is 6.54 Å². The zero-order valence-corrected chi connectivity index (χ0v) is 14.9. The summed E-state index contributed by atoms with van der Waals surface area (Å²) >= 11 is 0. The highest BCUT2D eigenvalue weighted by Gasteiger charge is 2.20.